The molecule has 1 aliphatic heterocycles. The standard InChI is InChI=1S/C13H17N5O3/c19-11-7-15-9(5-16-11)13(21)18-4-3-14-6-10(18)12(20)17-8-1-2-8/h5,7-8,10,14H,1-4,6H2,(H,16,19)(H,17,20)/t10-/m1/s1. The van der Waals surface area contributed by atoms with E-state index in [2.05, 4.69) is 20.6 Å². The summed E-state index contributed by atoms with van der Waals surface area (Å²) in [7, 11) is 0. The molecule has 112 valence electrons. The Balaban J connectivity index is 1.76. The van der Waals surface area contributed by atoms with E-state index in [1.807, 2.05) is 0 Å². The normalized spacial score (nSPS) is 21.9. The Kier molecular flexibility index (Phi) is 3.70. The molecular weight excluding hydrogens is 274 g/mol. The summed E-state index contributed by atoms with van der Waals surface area (Å²) in [6.45, 7) is 1.48. The van der Waals surface area contributed by atoms with Crippen LogP contribution in [0.3, 0.4) is 0 Å². The topological polar surface area (TPSA) is 107 Å². The van der Waals surface area contributed by atoms with Gasteiger partial charge in [0.1, 0.15) is 11.7 Å². The first-order valence-electron chi connectivity index (χ1n) is 7.02. The second-order valence-corrected chi connectivity index (χ2v) is 5.30. The molecule has 2 heterocycles. The molecule has 0 radical (unpaired) electrons. The van der Waals surface area contributed by atoms with Crippen molar-refractivity contribution in [1.82, 2.24) is 25.5 Å². The molecule has 2 amide bonds. The second kappa shape index (κ2) is 5.65. The summed E-state index contributed by atoms with van der Waals surface area (Å²) in [5.41, 5.74) is -0.226. The SMILES string of the molecule is O=C(NC1CC1)[C@H]1CNCCN1C(=O)c1c[nH]c(=O)cn1. The molecular formula is C13H17N5O3. The molecule has 1 saturated carbocycles. The van der Waals surface area contributed by atoms with Gasteiger partial charge in [0, 0.05) is 31.9 Å². The Morgan fingerprint density at radius 3 is 2.86 bits per heavy atom. The lowest BCUT2D eigenvalue weighted by Crippen LogP contribution is -2.60. The highest BCUT2D eigenvalue weighted by Gasteiger charge is 2.35. The summed E-state index contributed by atoms with van der Waals surface area (Å²) >= 11 is 0. The number of hydrogen-bond donors (Lipinski definition) is 3. The number of piperazine rings is 1. The van der Waals surface area contributed by atoms with Crippen LogP contribution >= 0.6 is 0 Å². The number of carbonyl (C=O) groups excluding carboxylic acids is 2. The van der Waals surface area contributed by atoms with Gasteiger partial charge in [-0.1, -0.05) is 0 Å². The van der Waals surface area contributed by atoms with E-state index in [1.165, 1.54) is 11.1 Å². The molecule has 0 spiro atoms. The van der Waals surface area contributed by atoms with Crippen LogP contribution < -0.4 is 16.2 Å². The minimum absolute atomic E-state index is 0.137. The molecule has 0 bridgehead atoms. The molecule has 1 saturated heterocycles. The van der Waals surface area contributed by atoms with E-state index in [0.29, 0.717) is 19.6 Å². The number of H-pyrrole nitrogens is 1. The highest BCUT2D eigenvalue weighted by Crippen LogP contribution is 2.19. The van der Waals surface area contributed by atoms with Gasteiger partial charge in [0.2, 0.25) is 5.91 Å². The van der Waals surface area contributed by atoms with Gasteiger partial charge in [-0.05, 0) is 12.8 Å². The van der Waals surface area contributed by atoms with Crippen molar-refractivity contribution in [2.24, 2.45) is 0 Å². The van der Waals surface area contributed by atoms with E-state index in [9.17, 15) is 14.4 Å². The van der Waals surface area contributed by atoms with Gasteiger partial charge in [-0.15, -0.1) is 0 Å². The highest BCUT2D eigenvalue weighted by molar-refractivity contribution is 5.96. The van der Waals surface area contributed by atoms with E-state index in [-0.39, 0.29) is 29.1 Å². The molecule has 3 N–H and O–H groups in total. The fourth-order valence-electron chi connectivity index (χ4n) is 2.31. The minimum Gasteiger partial charge on any atom is -0.352 e. The third-order valence-corrected chi connectivity index (χ3v) is 3.62. The van der Waals surface area contributed by atoms with Gasteiger partial charge in [-0.3, -0.25) is 14.4 Å². The summed E-state index contributed by atoms with van der Waals surface area (Å²) in [5, 5.41) is 6.04. The van der Waals surface area contributed by atoms with Crippen molar-refractivity contribution < 1.29 is 9.59 Å². The average Bonchev–Trinajstić information content (AvgIpc) is 3.31. The zero-order chi connectivity index (χ0) is 14.8. The van der Waals surface area contributed by atoms with Crippen molar-refractivity contribution in [1.29, 1.82) is 0 Å². The fourth-order valence-corrected chi connectivity index (χ4v) is 2.31. The minimum atomic E-state index is -0.541. The molecule has 0 aromatic carbocycles. The number of carbonyl (C=O) groups is 2. The number of hydrogen-bond acceptors (Lipinski definition) is 5. The van der Waals surface area contributed by atoms with E-state index >= 15 is 0 Å². The van der Waals surface area contributed by atoms with Gasteiger partial charge in [0.25, 0.3) is 11.5 Å². The Morgan fingerprint density at radius 2 is 2.19 bits per heavy atom. The molecule has 3 rings (SSSR count). The second-order valence-electron chi connectivity index (χ2n) is 5.30. The average molecular weight is 291 g/mol. The summed E-state index contributed by atoms with van der Waals surface area (Å²) in [6.07, 6.45) is 4.35. The summed E-state index contributed by atoms with van der Waals surface area (Å²) in [5.74, 6) is -0.480. The van der Waals surface area contributed by atoms with Crippen molar-refractivity contribution in [3.63, 3.8) is 0 Å². The van der Waals surface area contributed by atoms with Crippen LogP contribution in [0.25, 0.3) is 0 Å². The lowest BCUT2D eigenvalue weighted by atomic mass is 10.1. The van der Waals surface area contributed by atoms with Crippen LogP contribution in [0.4, 0.5) is 0 Å². The predicted molar refractivity (Wildman–Crippen MR) is 73.7 cm³/mol. The molecule has 2 fully saturated rings. The first kappa shape index (κ1) is 13.7. The van der Waals surface area contributed by atoms with Crippen molar-refractivity contribution in [3.05, 3.63) is 28.4 Å². The maximum absolute atomic E-state index is 12.5. The number of nitrogens with zero attached hydrogens (tertiary/aromatic N) is 2. The Labute approximate surface area is 120 Å². The van der Waals surface area contributed by atoms with Gasteiger partial charge in [0.15, 0.2) is 0 Å². The molecule has 8 nitrogen and oxygen atoms in total. The largest absolute Gasteiger partial charge is 0.352 e. The number of aromatic nitrogens is 2. The predicted octanol–water partition coefficient (Wildman–Crippen LogP) is -1.54. The Bertz CT molecular complexity index is 590. The summed E-state index contributed by atoms with van der Waals surface area (Å²) in [6, 6.07) is -0.289. The monoisotopic (exact) mass is 291 g/mol. The van der Waals surface area contributed by atoms with Gasteiger partial charge in [-0.25, -0.2) is 4.98 Å². The first-order valence-corrected chi connectivity index (χ1v) is 7.02. The summed E-state index contributed by atoms with van der Waals surface area (Å²) in [4.78, 5) is 43.5. The van der Waals surface area contributed by atoms with Gasteiger partial charge in [0.05, 0.1) is 6.20 Å². The Morgan fingerprint density at radius 1 is 1.38 bits per heavy atom. The maximum atomic E-state index is 12.5. The van der Waals surface area contributed by atoms with E-state index in [4.69, 9.17) is 0 Å². The molecule has 1 aromatic heterocycles. The van der Waals surface area contributed by atoms with Crippen LogP contribution in [0.5, 0.6) is 0 Å². The van der Waals surface area contributed by atoms with Crippen LogP contribution in [0, 0.1) is 0 Å². The van der Waals surface area contributed by atoms with Crippen LogP contribution in [-0.4, -0.2) is 58.4 Å². The van der Waals surface area contributed by atoms with Crippen LogP contribution in [0.2, 0.25) is 0 Å². The van der Waals surface area contributed by atoms with Crippen LogP contribution in [-0.2, 0) is 4.79 Å². The van der Waals surface area contributed by atoms with E-state index in [1.54, 1.807) is 0 Å². The lowest BCUT2D eigenvalue weighted by molar-refractivity contribution is -0.126. The van der Waals surface area contributed by atoms with E-state index < -0.39 is 6.04 Å². The van der Waals surface area contributed by atoms with Gasteiger partial charge >= 0.3 is 0 Å². The van der Waals surface area contributed by atoms with E-state index in [0.717, 1.165) is 19.0 Å². The molecule has 21 heavy (non-hydrogen) atoms. The van der Waals surface area contributed by atoms with Crippen molar-refractivity contribution in [3.8, 4) is 0 Å². The van der Waals surface area contributed by atoms with Crippen molar-refractivity contribution in [2.45, 2.75) is 24.9 Å². The van der Waals surface area contributed by atoms with Gasteiger partial charge in [-0.2, -0.15) is 0 Å². The van der Waals surface area contributed by atoms with Gasteiger partial charge < -0.3 is 20.5 Å². The zero-order valence-electron chi connectivity index (χ0n) is 11.5. The lowest BCUT2D eigenvalue weighted by Gasteiger charge is -2.34. The van der Waals surface area contributed by atoms with Crippen LogP contribution in [0.1, 0.15) is 23.3 Å². The molecule has 1 aromatic rings. The van der Waals surface area contributed by atoms with Crippen LogP contribution in [0.15, 0.2) is 17.2 Å². The molecule has 8 heteroatoms. The smallest absolute Gasteiger partial charge is 0.274 e. The molecule has 2 aliphatic rings. The first-order chi connectivity index (χ1) is 10.1. The molecule has 0 unspecified atom stereocenters. The molecule has 1 atom stereocenters. The summed E-state index contributed by atoms with van der Waals surface area (Å²) < 4.78 is 0. The molecule has 1 aliphatic carbocycles. The Hall–Kier alpha value is -2.22. The zero-order valence-corrected chi connectivity index (χ0v) is 11.5. The third kappa shape index (κ3) is 3.10. The maximum Gasteiger partial charge on any atom is 0.274 e. The highest BCUT2D eigenvalue weighted by atomic mass is 16.2. The number of amides is 2. The number of aromatic amines is 1. The number of rotatable bonds is 3. The number of nitrogens with one attached hydrogen (secondary N) is 3. The fraction of sp³-hybridized carbons (Fsp3) is 0.538. The van der Waals surface area contributed by atoms with Crippen molar-refractivity contribution in [2.75, 3.05) is 19.6 Å². The third-order valence-electron chi connectivity index (χ3n) is 3.62. The quantitative estimate of drug-likeness (QED) is 0.626. The van der Waals surface area contributed by atoms with Crippen molar-refractivity contribution >= 4 is 11.8 Å².